The van der Waals surface area contributed by atoms with Crippen LogP contribution in [0, 0.1) is 10.1 Å². The molecule has 0 radical (unpaired) electrons. The Bertz CT molecular complexity index is 1180. The van der Waals surface area contributed by atoms with Gasteiger partial charge in [-0.2, -0.15) is 0 Å². The van der Waals surface area contributed by atoms with Gasteiger partial charge in [0.05, 0.1) is 21.9 Å². The first kappa shape index (κ1) is 18.1. The SMILES string of the molecule is O=C(O)c1ccc(-c2nc(-c3ccccc3)c(-c3ccc([N+](=O)[O-])cc3)[nH]2)cc1. The van der Waals surface area contributed by atoms with Crippen molar-refractivity contribution in [2.45, 2.75) is 0 Å². The Hall–Kier alpha value is -4.26. The van der Waals surface area contributed by atoms with E-state index >= 15 is 0 Å². The second-order valence-electron chi connectivity index (χ2n) is 6.36. The molecule has 7 nitrogen and oxygen atoms in total. The van der Waals surface area contributed by atoms with Gasteiger partial charge in [0.2, 0.25) is 0 Å². The summed E-state index contributed by atoms with van der Waals surface area (Å²) in [5.74, 6) is -0.415. The number of nitrogens with one attached hydrogen (secondary N) is 1. The first-order chi connectivity index (χ1) is 14.0. The number of nitro groups is 1. The summed E-state index contributed by atoms with van der Waals surface area (Å²) in [5, 5.41) is 20.0. The summed E-state index contributed by atoms with van der Waals surface area (Å²) < 4.78 is 0. The minimum absolute atomic E-state index is 0.0130. The second kappa shape index (κ2) is 7.40. The van der Waals surface area contributed by atoms with E-state index in [9.17, 15) is 14.9 Å². The third-order valence-electron chi connectivity index (χ3n) is 4.52. The normalized spacial score (nSPS) is 10.6. The number of hydrogen-bond donors (Lipinski definition) is 2. The molecule has 0 unspecified atom stereocenters. The molecule has 142 valence electrons. The molecule has 0 bridgehead atoms. The first-order valence-corrected chi connectivity index (χ1v) is 8.77. The van der Waals surface area contributed by atoms with Gasteiger partial charge in [-0.25, -0.2) is 9.78 Å². The van der Waals surface area contributed by atoms with Gasteiger partial charge < -0.3 is 10.1 Å². The van der Waals surface area contributed by atoms with Crippen molar-refractivity contribution in [3.63, 3.8) is 0 Å². The zero-order valence-electron chi connectivity index (χ0n) is 15.1. The molecule has 0 aliphatic carbocycles. The molecule has 1 aromatic heterocycles. The Kier molecular flexibility index (Phi) is 4.62. The van der Waals surface area contributed by atoms with Crippen LogP contribution in [0.1, 0.15) is 10.4 Å². The third kappa shape index (κ3) is 3.61. The highest BCUT2D eigenvalue weighted by Crippen LogP contribution is 2.33. The number of aromatic carboxylic acids is 1. The molecule has 4 aromatic rings. The minimum Gasteiger partial charge on any atom is -0.478 e. The molecule has 3 aromatic carbocycles. The summed E-state index contributed by atoms with van der Waals surface area (Å²) in [4.78, 5) is 29.6. The molecule has 2 N–H and O–H groups in total. The number of non-ortho nitro benzene ring substituents is 1. The molecule has 0 saturated heterocycles. The molecule has 0 aliphatic heterocycles. The number of benzene rings is 3. The van der Waals surface area contributed by atoms with E-state index in [2.05, 4.69) is 4.98 Å². The summed E-state index contributed by atoms with van der Waals surface area (Å²) in [7, 11) is 0. The smallest absolute Gasteiger partial charge is 0.335 e. The van der Waals surface area contributed by atoms with Gasteiger partial charge in [-0.3, -0.25) is 10.1 Å². The molecule has 1 heterocycles. The largest absolute Gasteiger partial charge is 0.478 e. The average Bonchev–Trinajstić information content (AvgIpc) is 3.20. The van der Waals surface area contributed by atoms with Gasteiger partial charge in [0.15, 0.2) is 0 Å². The predicted molar refractivity (Wildman–Crippen MR) is 109 cm³/mol. The molecule has 29 heavy (non-hydrogen) atoms. The lowest BCUT2D eigenvalue weighted by atomic mass is 10.0. The zero-order chi connectivity index (χ0) is 20.4. The monoisotopic (exact) mass is 385 g/mol. The molecule has 7 heteroatoms. The maximum atomic E-state index is 11.1. The lowest BCUT2D eigenvalue weighted by Gasteiger charge is -2.03. The standard InChI is InChI=1S/C22H15N3O4/c26-22(27)17-8-6-16(7-9-17)21-23-19(14-4-2-1-3-5-14)20(24-21)15-10-12-18(13-11-15)25(28)29/h1-13H,(H,23,24)(H,26,27). The number of aromatic nitrogens is 2. The van der Waals surface area contributed by atoms with Gasteiger partial charge in [0.1, 0.15) is 5.82 Å². The van der Waals surface area contributed by atoms with E-state index in [1.54, 1.807) is 24.3 Å². The molecular weight excluding hydrogens is 370 g/mol. The fourth-order valence-electron chi connectivity index (χ4n) is 3.04. The highest BCUT2D eigenvalue weighted by atomic mass is 16.6. The van der Waals surface area contributed by atoms with Crippen LogP contribution in [0.4, 0.5) is 5.69 Å². The van der Waals surface area contributed by atoms with E-state index < -0.39 is 10.9 Å². The summed E-state index contributed by atoms with van der Waals surface area (Å²) in [6.45, 7) is 0. The van der Waals surface area contributed by atoms with Crippen molar-refractivity contribution >= 4 is 11.7 Å². The van der Waals surface area contributed by atoms with E-state index in [0.29, 0.717) is 11.5 Å². The minimum atomic E-state index is -0.993. The first-order valence-electron chi connectivity index (χ1n) is 8.77. The van der Waals surface area contributed by atoms with Crippen LogP contribution < -0.4 is 0 Å². The average molecular weight is 385 g/mol. The maximum Gasteiger partial charge on any atom is 0.335 e. The van der Waals surface area contributed by atoms with Crippen LogP contribution in [-0.4, -0.2) is 26.0 Å². The van der Waals surface area contributed by atoms with Crippen LogP contribution in [-0.2, 0) is 0 Å². The number of nitro benzene ring substituents is 1. The Morgan fingerprint density at radius 3 is 2.07 bits per heavy atom. The van der Waals surface area contributed by atoms with E-state index in [0.717, 1.165) is 22.4 Å². The molecule has 0 fully saturated rings. The molecule has 0 atom stereocenters. The zero-order valence-corrected chi connectivity index (χ0v) is 15.1. The van der Waals surface area contributed by atoms with Gasteiger partial charge >= 0.3 is 5.97 Å². The topological polar surface area (TPSA) is 109 Å². The lowest BCUT2D eigenvalue weighted by Crippen LogP contribution is -1.95. The van der Waals surface area contributed by atoms with Crippen molar-refractivity contribution in [2.24, 2.45) is 0 Å². The van der Waals surface area contributed by atoms with Crippen LogP contribution in [0.15, 0.2) is 78.9 Å². The molecule has 4 rings (SSSR count). The Morgan fingerprint density at radius 2 is 1.48 bits per heavy atom. The molecule has 0 aliphatic rings. The van der Waals surface area contributed by atoms with E-state index in [1.165, 1.54) is 24.3 Å². The van der Waals surface area contributed by atoms with E-state index in [4.69, 9.17) is 10.1 Å². The number of nitrogens with zero attached hydrogens (tertiary/aromatic N) is 2. The Labute approximate surface area is 165 Å². The molecule has 0 saturated carbocycles. The highest BCUT2D eigenvalue weighted by Gasteiger charge is 2.16. The maximum absolute atomic E-state index is 11.1. The fraction of sp³-hybridized carbons (Fsp3) is 0. The van der Waals surface area contributed by atoms with Gasteiger partial charge in [-0.15, -0.1) is 0 Å². The van der Waals surface area contributed by atoms with Crippen molar-refractivity contribution in [2.75, 3.05) is 0 Å². The van der Waals surface area contributed by atoms with Crippen LogP contribution in [0.25, 0.3) is 33.9 Å². The van der Waals surface area contributed by atoms with Crippen LogP contribution in [0.5, 0.6) is 0 Å². The van der Waals surface area contributed by atoms with Crippen LogP contribution in [0.3, 0.4) is 0 Å². The predicted octanol–water partition coefficient (Wildman–Crippen LogP) is 5.02. The Morgan fingerprint density at radius 1 is 0.862 bits per heavy atom. The van der Waals surface area contributed by atoms with Crippen molar-refractivity contribution in [1.29, 1.82) is 0 Å². The highest BCUT2D eigenvalue weighted by molar-refractivity contribution is 5.88. The van der Waals surface area contributed by atoms with Crippen LogP contribution in [0.2, 0.25) is 0 Å². The van der Waals surface area contributed by atoms with Gasteiger partial charge in [-0.1, -0.05) is 42.5 Å². The number of imidazole rings is 1. The molecule has 0 amide bonds. The lowest BCUT2D eigenvalue weighted by molar-refractivity contribution is -0.384. The van der Waals surface area contributed by atoms with E-state index in [1.807, 2.05) is 30.3 Å². The number of H-pyrrole nitrogens is 1. The van der Waals surface area contributed by atoms with Crippen LogP contribution >= 0.6 is 0 Å². The van der Waals surface area contributed by atoms with Crippen molar-refractivity contribution < 1.29 is 14.8 Å². The summed E-state index contributed by atoms with van der Waals surface area (Å²) in [5.41, 5.74) is 4.03. The number of hydrogen-bond acceptors (Lipinski definition) is 4. The number of carboxylic acid groups (broad SMARTS) is 1. The fourth-order valence-corrected chi connectivity index (χ4v) is 3.04. The third-order valence-corrected chi connectivity index (χ3v) is 4.52. The molecule has 0 spiro atoms. The quantitative estimate of drug-likeness (QED) is 0.370. The van der Waals surface area contributed by atoms with Crippen molar-refractivity contribution in [3.8, 4) is 33.9 Å². The van der Waals surface area contributed by atoms with Gasteiger partial charge in [0, 0.05) is 28.8 Å². The number of aromatic amines is 1. The number of rotatable bonds is 5. The summed E-state index contributed by atoms with van der Waals surface area (Å²) >= 11 is 0. The summed E-state index contributed by atoms with van der Waals surface area (Å²) in [6, 6.07) is 22.3. The summed E-state index contributed by atoms with van der Waals surface area (Å²) in [6.07, 6.45) is 0. The van der Waals surface area contributed by atoms with Crippen molar-refractivity contribution in [1.82, 2.24) is 9.97 Å². The van der Waals surface area contributed by atoms with Gasteiger partial charge in [0.25, 0.3) is 5.69 Å². The second-order valence-corrected chi connectivity index (χ2v) is 6.36. The molecular formula is C22H15N3O4. The van der Waals surface area contributed by atoms with Crippen molar-refractivity contribution in [3.05, 3.63) is 94.5 Å². The number of carbonyl (C=O) groups is 1. The Balaban J connectivity index is 1.83. The van der Waals surface area contributed by atoms with Gasteiger partial charge in [-0.05, 0) is 24.3 Å². The number of carboxylic acids is 1. The van der Waals surface area contributed by atoms with E-state index in [-0.39, 0.29) is 11.3 Å².